The highest BCUT2D eigenvalue weighted by atomic mass is 19.1. The first-order valence-electron chi connectivity index (χ1n) is 7.90. The maximum Gasteiger partial charge on any atom is 0.123 e. The molecule has 1 aromatic heterocycles. The number of rotatable bonds is 3. The van der Waals surface area contributed by atoms with Gasteiger partial charge in [-0.05, 0) is 17.7 Å². The lowest BCUT2D eigenvalue weighted by molar-refractivity contribution is 0.581. The Bertz CT molecular complexity index is 807. The smallest absolute Gasteiger partial charge is 0.123 e. The normalized spacial score (nSPS) is 13.8. The van der Waals surface area contributed by atoms with Gasteiger partial charge in [-0.25, -0.2) is 4.39 Å². The van der Waals surface area contributed by atoms with Gasteiger partial charge in [0.05, 0.1) is 12.2 Å². The average molecular weight is 307 g/mol. The van der Waals surface area contributed by atoms with E-state index in [1.807, 2.05) is 30.3 Å². The molecule has 0 bridgehead atoms. The second-order valence-electron chi connectivity index (χ2n) is 5.85. The molecule has 3 nitrogen and oxygen atoms in total. The second kappa shape index (κ2) is 5.97. The first kappa shape index (κ1) is 14.2. The fourth-order valence-corrected chi connectivity index (χ4v) is 3.14. The van der Waals surface area contributed by atoms with E-state index in [0.29, 0.717) is 6.54 Å². The summed E-state index contributed by atoms with van der Waals surface area (Å²) in [6.45, 7) is 2.49. The summed E-state index contributed by atoms with van der Waals surface area (Å²) in [5.74, 6) is -0.203. The number of nitrogens with zero attached hydrogens (tertiary/aromatic N) is 2. The molecule has 2 aromatic carbocycles. The van der Waals surface area contributed by atoms with E-state index in [1.165, 1.54) is 23.4 Å². The van der Waals surface area contributed by atoms with Crippen LogP contribution in [-0.2, 0) is 19.5 Å². The van der Waals surface area contributed by atoms with Gasteiger partial charge in [0.25, 0.3) is 0 Å². The van der Waals surface area contributed by atoms with E-state index >= 15 is 0 Å². The Labute approximate surface area is 134 Å². The van der Waals surface area contributed by atoms with Gasteiger partial charge >= 0.3 is 0 Å². The zero-order chi connectivity index (χ0) is 15.6. The summed E-state index contributed by atoms with van der Waals surface area (Å²) in [5.41, 5.74) is 5.83. The fraction of sp³-hybridized carbons (Fsp3) is 0.211. The molecular formula is C19H18FN3. The van der Waals surface area contributed by atoms with Crippen LogP contribution < -0.4 is 5.32 Å². The Balaban J connectivity index is 1.75. The molecule has 1 aliphatic heterocycles. The predicted molar refractivity (Wildman–Crippen MR) is 88.6 cm³/mol. The summed E-state index contributed by atoms with van der Waals surface area (Å²) in [7, 11) is 0. The minimum absolute atomic E-state index is 0.203. The first-order valence-corrected chi connectivity index (χ1v) is 7.90. The third-order valence-corrected chi connectivity index (χ3v) is 4.30. The average Bonchev–Trinajstić information content (AvgIpc) is 2.97. The molecule has 0 spiro atoms. The van der Waals surface area contributed by atoms with E-state index in [4.69, 9.17) is 5.10 Å². The van der Waals surface area contributed by atoms with Crippen molar-refractivity contribution in [2.45, 2.75) is 19.5 Å². The summed E-state index contributed by atoms with van der Waals surface area (Å²) in [4.78, 5) is 0. The molecule has 0 saturated heterocycles. The Morgan fingerprint density at radius 1 is 1.04 bits per heavy atom. The summed E-state index contributed by atoms with van der Waals surface area (Å²) in [6.07, 6.45) is 0.969. The molecule has 116 valence electrons. The van der Waals surface area contributed by atoms with Crippen molar-refractivity contribution in [3.63, 3.8) is 0 Å². The fourth-order valence-electron chi connectivity index (χ4n) is 3.14. The highest BCUT2D eigenvalue weighted by molar-refractivity contribution is 5.64. The lowest BCUT2D eigenvalue weighted by atomic mass is 10.0. The number of halogens is 1. The van der Waals surface area contributed by atoms with E-state index in [9.17, 15) is 4.39 Å². The first-order chi connectivity index (χ1) is 11.3. The predicted octanol–water partition coefficient (Wildman–Crippen LogP) is 3.38. The molecule has 2 heterocycles. The third-order valence-electron chi connectivity index (χ3n) is 4.30. The molecule has 4 heteroatoms. The maximum absolute atomic E-state index is 13.1. The van der Waals surface area contributed by atoms with Crippen LogP contribution in [0.5, 0.6) is 0 Å². The molecule has 3 aromatic rings. The maximum atomic E-state index is 13.1. The van der Waals surface area contributed by atoms with Crippen molar-refractivity contribution in [3.05, 3.63) is 77.2 Å². The van der Waals surface area contributed by atoms with Gasteiger partial charge in [0, 0.05) is 36.3 Å². The van der Waals surface area contributed by atoms with Crippen molar-refractivity contribution in [1.82, 2.24) is 15.1 Å². The van der Waals surface area contributed by atoms with Crippen molar-refractivity contribution in [2.75, 3.05) is 6.54 Å². The van der Waals surface area contributed by atoms with Crippen LogP contribution in [-0.4, -0.2) is 16.3 Å². The van der Waals surface area contributed by atoms with Gasteiger partial charge in [-0.1, -0.05) is 42.5 Å². The number of aromatic nitrogens is 2. The van der Waals surface area contributed by atoms with Crippen molar-refractivity contribution >= 4 is 0 Å². The number of nitrogens with one attached hydrogen (secondary N) is 1. The van der Waals surface area contributed by atoms with Crippen molar-refractivity contribution < 1.29 is 4.39 Å². The van der Waals surface area contributed by atoms with Crippen LogP contribution in [0.1, 0.15) is 16.8 Å². The monoisotopic (exact) mass is 307 g/mol. The highest BCUT2D eigenvalue weighted by Gasteiger charge is 2.21. The van der Waals surface area contributed by atoms with Crippen LogP contribution in [0, 0.1) is 5.82 Å². The summed E-state index contributed by atoms with van der Waals surface area (Å²) < 4.78 is 15.2. The van der Waals surface area contributed by atoms with Gasteiger partial charge < -0.3 is 5.32 Å². The van der Waals surface area contributed by atoms with Crippen LogP contribution in [0.25, 0.3) is 11.3 Å². The SMILES string of the molecule is Fc1ccc(Cn2nc(-c3ccccc3)c3c2CCNC3)cc1. The van der Waals surface area contributed by atoms with Gasteiger partial charge in [-0.15, -0.1) is 0 Å². The van der Waals surface area contributed by atoms with Crippen LogP contribution in [0.2, 0.25) is 0 Å². The minimum atomic E-state index is -0.203. The summed E-state index contributed by atoms with van der Waals surface area (Å²) >= 11 is 0. The molecule has 4 rings (SSSR count). The Hall–Kier alpha value is -2.46. The van der Waals surface area contributed by atoms with Crippen molar-refractivity contribution in [3.8, 4) is 11.3 Å². The molecule has 1 aliphatic rings. The van der Waals surface area contributed by atoms with Crippen LogP contribution in [0.3, 0.4) is 0 Å². The largest absolute Gasteiger partial charge is 0.312 e. The molecule has 0 saturated carbocycles. The zero-order valence-electron chi connectivity index (χ0n) is 12.8. The number of hydrogen-bond acceptors (Lipinski definition) is 2. The van der Waals surface area contributed by atoms with Crippen LogP contribution in [0.15, 0.2) is 54.6 Å². The Morgan fingerprint density at radius 3 is 2.61 bits per heavy atom. The third kappa shape index (κ3) is 2.78. The molecule has 23 heavy (non-hydrogen) atoms. The summed E-state index contributed by atoms with van der Waals surface area (Å²) in [5, 5.41) is 8.30. The highest BCUT2D eigenvalue weighted by Crippen LogP contribution is 2.28. The molecule has 0 aliphatic carbocycles. The van der Waals surface area contributed by atoms with Crippen LogP contribution >= 0.6 is 0 Å². The zero-order valence-corrected chi connectivity index (χ0v) is 12.8. The van der Waals surface area contributed by atoms with Gasteiger partial charge in [-0.3, -0.25) is 4.68 Å². The Kier molecular flexibility index (Phi) is 3.67. The summed E-state index contributed by atoms with van der Waals surface area (Å²) in [6, 6.07) is 17.0. The van der Waals surface area contributed by atoms with E-state index in [-0.39, 0.29) is 5.82 Å². The van der Waals surface area contributed by atoms with Crippen molar-refractivity contribution in [2.24, 2.45) is 0 Å². The van der Waals surface area contributed by atoms with Gasteiger partial charge in [-0.2, -0.15) is 5.10 Å². The molecule has 0 radical (unpaired) electrons. The lowest BCUT2D eigenvalue weighted by Gasteiger charge is -2.15. The molecule has 1 N–H and O–H groups in total. The number of fused-ring (bicyclic) bond motifs is 1. The topological polar surface area (TPSA) is 29.9 Å². The van der Waals surface area contributed by atoms with E-state index in [0.717, 1.165) is 36.3 Å². The van der Waals surface area contributed by atoms with E-state index in [1.54, 1.807) is 0 Å². The molecular weight excluding hydrogens is 289 g/mol. The van der Waals surface area contributed by atoms with E-state index < -0.39 is 0 Å². The van der Waals surface area contributed by atoms with Gasteiger partial charge in [0.1, 0.15) is 5.82 Å². The molecule has 0 unspecified atom stereocenters. The van der Waals surface area contributed by atoms with Gasteiger partial charge in [0.15, 0.2) is 0 Å². The minimum Gasteiger partial charge on any atom is -0.312 e. The van der Waals surface area contributed by atoms with E-state index in [2.05, 4.69) is 22.1 Å². The van der Waals surface area contributed by atoms with Crippen LogP contribution in [0.4, 0.5) is 4.39 Å². The van der Waals surface area contributed by atoms with Crippen molar-refractivity contribution in [1.29, 1.82) is 0 Å². The number of benzene rings is 2. The Morgan fingerprint density at radius 2 is 1.83 bits per heavy atom. The standard InChI is InChI=1S/C19H18FN3/c20-16-8-6-14(7-9-16)13-23-18-10-11-21-12-17(18)19(22-23)15-4-2-1-3-5-15/h1-9,21H,10-13H2. The molecule has 0 atom stereocenters. The molecule has 0 fully saturated rings. The lowest BCUT2D eigenvalue weighted by Crippen LogP contribution is -2.25. The molecule has 0 amide bonds. The quantitative estimate of drug-likeness (QED) is 0.804. The number of hydrogen-bond donors (Lipinski definition) is 1. The van der Waals surface area contributed by atoms with Gasteiger partial charge in [0.2, 0.25) is 0 Å². The second-order valence-corrected chi connectivity index (χ2v) is 5.85.